The largest absolute Gasteiger partial charge is 0.296 e. The Bertz CT molecular complexity index is 484. The molecule has 1 saturated heterocycles. The Morgan fingerprint density at radius 2 is 1.94 bits per heavy atom. The fraction of sp³-hybridized carbons (Fsp3) is 0.429. The van der Waals surface area contributed by atoms with Crippen LogP contribution in [0.25, 0.3) is 0 Å². The van der Waals surface area contributed by atoms with E-state index < -0.39 is 0 Å². The fourth-order valence-corrected chi connectivity index (χ4v) is 3.04. The predicted octanol–water partition coefficient (Wildman–Crippen LogP) is 2.85. The second-order valence-corrected chi connectivity index (χ2v) is 5.88. The van der Waals surface area contributed by atoms with Crippen LogP contribution >= 0.6 is 15.9 Å². The summed E-state index contributed by atoms with van der Waals surface area (Å²) in [6.45, 7) is 4.11. The van der Waals surface area contributed by atoms with Gasteiger partial charge in [0.05, 0.1) is 5.92 Å². The number of benzene rings is 1. The number of carbonyl (C=O) groups excluding carboxylic acids is 2. The average Bonchev–Trinajstić information content (AvgIpc) is 2.29. The van der Waals surface area contributed by atoms with Crippen molar-refractivity contribution in [2.24, 2.45) is 11.8 Å². The summed E-state index contributed by atoms with van der Waals surface area (Å²) in [5.41, 5.74) is 0.959. The molecular formula is C14H16BrNO2. The first-order valence-electron chi connectivity index (χ1n) is 6.09. The standard InChI is InChI=1S/C14H16BrNO2/c1-8(2)10-7-12(17)16-14(18)13(10)9-5-3-4-6-11(9)15/h3-6,8,10,13H,7H2,1-2H3,(H,16,17,18). The van der Waals surface area contributed by atoms with Crippen LogP contribution in [0, 0.1) is 11.8 Å². The van der Waals surface area contributed by atoms with Crippen molar-refractivity contribution in [3.05, 3.63) is 34.3 Å². The molecule has 1 heterocycles. The molecule has 0 saturated carbocycles. The molecule has 0 aliphatic carbocycles. The van der Waals surface area contributed by atoms with Crippen molar-refractivity contribution in [3.63, 3.8) is 0 Å². The fourth-order valence-electron chi connectivity index (χ4n) is 2.51. The zero-order valence-corrected chi connectivity index (χ0v) is 12.0. The maximum absolute atomic E-state index is 12.1. The van der Waals surface area contributed by atoms with Gasteiger partial charge in [-0.2, -0.15) is 0 Å². The summed E-state index contributed by atoms with van der Waals surface area (Å²) in [4.78, 5) is 23.6. The Morgan fingerprint density at radius 3 is 2.56 bits per heavy atom. The minimum atomic E-state index is -0.252. The smallest absolute Gasteiger partial charge is 0.234 e. The monoisotopic (exact) mass is 309 g/mol. The van der Waals surface area contributed by atoms with Gasteiger partial charge in [0.2, 0.25) is 11.8 Å². The molecule has 2 atom stereocenters. The van der Waals surface area contributed by atoms with Gasteiger partial charge >= 0.3 is 0 Å². The van der Waals surface area contributed by atoms with Crippen molar-refractivity contribution < 1.29 is 9.59 Å². The van der Waals surface area contributed by atoms with E-state index in [-0.39, 0.29) is 29.6 Å². The second kappa shape index (κ2) is 5.22. The van der Waals surface area contributed by atoms with E-state index in [1.807, 2.05) is 24.3 Å². The van der Waals surface area contributed by atoms with Gasteiger partial charge in [0.1, 0.15) is 0 Å². The third-order valence-corrected chi connectivity index (χ3v) is 4.21. The Morgan fingerprint density at radius 1 is 1.28 bits per heavy atom. The van der Waals surface area contributed by atoms with Crippen molar-refractivity contribution in [1.82, 2.24) is 5.32 Å². The Balaban J connectivity index is 2.42. The second-order valence-electron chi connectivity index (χ2n) is 5.02. The molecule has 0 radical (unpaired) electrons. The lowest BCUT2D eigenvalue weighted by Crippen LogP contribution is -2.46. The number of carbonyl (C=O) groups is 2. The summed E-state index contributed by atoms with van der Waals surface area (Å²) in [6, 6.07) is 7.71. The van der Waals surface area contributed by atoms with Gasteiger partial charge in [-0.15, -0.1) is 0 Å². The molecule has 1 fully saturated rings. The first-order valence-corrected chi connectivity index (χ1v) is 6.88. The summed E-state index contributed by atoms with van der Waals surface area (Å²) in [5.74, 6) is -0.251. The summed E-state index contributed by atoms with van der Waals surface area (Å²) in [5, 5.41) is 2.44. The van der Waals surface area contributed by atoms with E-state index in [1.165, 1.54) is 0 Å². The van der Waals surface area contributed by atoms with Crippen LogP contribution in [0.5, 0.6) is 0 Å². The lowest BCUT2D eigenvalue weighted by molar-refractivity contribution is -0.137. The molecule has 96 valence electrons. The molecular weight excluding hydrogens is 294 g/mol. The zero-order chi connectivity index (χ0) is 13.3. The van der Waals surface area contributed by atoms with E-state index in [1.54, 1.807) is 0 Å². The quantitative estimate of drug-likeness (QED) is 0.854. The summed E-state index contributed by atoms with van der Waals surface area (Å²) >= 11 is 3.49. The molecule has 0 spiro atoms. The maximum atomic E-state index is 12.1. The van der Waals surface area contributed by atoms with Crippen molar-refractivity contribution >= 4 is 27.7 Å². The van der Waals surface area contributed by atoms with Gasteiger partial charge in [0.15, 0.2) is 0 Å². The molecule has 2 unspecified atom stereocenters. The number of imide groups is 1. The number of nitrogens with one attached hydrogen (secondary N) is 1. The molecule has 0 aromatic heterocycles. The minimum Gasteiger partial charge on any atom is -0.296 e. The van der Waals surface area contributed by atoms with E-state index >= 15 is 0 Å². The highest BCUT2D eigenvalue weighted by Crippen LogP contribution is 2.38. The highest BCUT2D eigenvalue weighted by molar-refractivity contribution is 9.10. The number of amides is 2. The molecule has 1 aromatic rings. The van der Waals surface area contributed by atoms with Gasteiger partial charge in [-0.3, -0.25) is 14.9 Å². The maximum Gasteiger partial charge on any atom is 0.234 e. The Hall–Kier alpha value is -1.16. The van der Waals surface area contributed by atoms with Crippen LogP contribution in [-0.4, -0.2) is 11.8 Å². The molecule has 1 N–H and O–H groups in total. The number of hydrogen-bond donors (Lipinski definition) is 1. The van der Waals surface area contributed by atoms with Gasteiger partial charge in [0.25, 0.3) is 0 Å². The molecule has 4 heteroatoms. The molecule has 1 aliphatic rings. The van der Waals surface area contributed by atoms with Crippen molar-refractivity contribution in [3.8, 4) is 0 Å². The molecule has 1 aromatic carbocycles. The van der Waals surface area contributed by atoms with Gasteiger partial charge in [-0.1, -0.05) is 48.0 Å². The normalized spacial score (nSPS) is 24.2. The molecule has 2 amide bonds. The average molecular weight is 310 g/mol. The molecule has 18 heavy (non-hydrogen) atoms. The van der Waals surface area contributed by atoms with E-state index in [0.29, 0.717) is 6.42 Å². The highest BCUT2D eigenvalue weighted by atomic mass is 79.9. The van der Waals surface area contributed by atoms with Crippen LogP contribution in [-0.2, 0) is 9.59 Å². The van der Waals surface area contributed by atoms with Crippen molar-refractivity contribution in [2.45, 2.75) is 26.2 Å². The first kappa shape index (κ1) is 13.3. The number of piperidine rings is 1. The summed E-state index contributed by atoms with van der Waals surface area (Å²) in [7, 11) is 0. The lowest BCUT2D eigenvalue weighted by Gasteiger charge is -2.33. The van der Waals surface area contributed by atoms with Crippen LogP contribution in [0.15, 0.2) is 28.7 Å². The summed E-state index contributed by atoms with van der Waals surface area (Å²) in [6.07, 6.45) is 0.412. The van der Waals surface area contributed by atoms with Crippen LogP contribution in [0.4, 0.5) is 0 Å². The third kappa shape index (κ3) is 2.48. The van der Waals surface area contributed by atoms with Gasteiger partial charge in [-0.25, -0.2) is 0 Å². The zero-order valence-electron chi connectivity index (χ0n) is 10.4. The molecule has 3 nitrogen and oxygen atoms in total. The number of rotatable bonds is 2. The Kier molecular flexibility index (Phi) is 3.85. The topological polar surface area (TPSA) is 46.2 Å². The van der Waals surface area contributed by atoms with E-state index in [2.05, 4.69) is 35.1 Å². The minimum absolute atomic E-state index is 0.0601. The molecule has 2 rings (SSSR count). The first-order chi connectivity index (χ1) is 8.50. The third-order valence-electron chi connectivity index (χ3n) is 3.49. The number of halogens is 1. The highest BCUT2D eigenvalue weighted by Gasteiger charge is 2.39. The SMILES string of the molecule is CC(C)C1CC(=O)NC(=O)C1c1ccccc1Br. The van der Waals surface area contributed by atoms with E-state index in [9.17, 15) is 9.59 Å². The molecule has 0 bridgehead atoms. The van der Waals surface area contributed by atoms with E-state index in [4.69, 9.17) is 0 Å². The van der Waals surface area contributed by atoms with Crippen molar-refractivity contribution in [1.29, 1.82) is 0 Å². The number of hydrogen-bond acceptors (Lipinski definition) is 2. The van der Waals surface area contributed by atoms with Crippen LogP contribution in [0.1, 0.15) is 31.7 Å². The lowest BCUT2D eigenvalue weighted by atomic mass is 9.74. The van der Waals surface area contributed by atoms with Crippen LogP contribution in [0.3, 0.4) is 0 Å². The van der Waals surface area contributed by atoms with E-state index in [0.717, 1.165) is 10.0 Å². The van der Waals surface area contributed by atoms with Gasteiger partial charge in [-0.05, 0) is 23.5 Å². The van der Waals surface area contributed by atoms with Gasteiger partial charge in [0, 0.05) is 10.9 Å². The van der Waals surface area contributed by atoms with Crippen LogP contribution in [0.2, 0.25) is 0 Å². The van der Waals surface area contributed by atoms with Crippen LogP contribution < -0.4 is 5.32 Å². The Labute approximate surface area is 115 Å². The molecule has 1 aliphatic heterocycles. The van der Waals surface area contributed by atoms with Crippen molar-refractivity contribution in [2.75, 3.05) is 0 Å². The summed E-state index contributed by atoms with van der Waals surface area (Å²) < 4.78 is 0.921. The predicted molar refractivity (Wildman–Crippen MR) is 73.0 cm³/mol. The van der Waals surface area contributed by atoms with Gasteiger partial charge < -0.3 is 0 Å².